The fourth-order valence-corrected chi connectivity index (χ4v) is 1.64. The van der Waals surface area contributed by atoms with E-state index in [9.17, 15) is 4.79 Å². The molecule has 0 aliphatic heterocycles. The molecular formula is C10H11BrO3. The van der Waals surface area contributed by atoms with Crippen molar-refractivity contribution in [1.29, 1.82) is 0 Å². The Labute approximate surface area is 90.8 Å². The number of rotatable bonds is 4. The van der Waals surface area contributed by atoms with Gasteiger partial charge < -0.3 is 9.84 Å². The summed E-state index contributed by atoms with van der Waals surface area (Å²) in [6.45, 7) is 2.49. The first kappa shape index (κ1) is 11.0. The van der Waals surface area contributed by atoms with Crippen LogP contribution in [0.25, 0.3) is 0 Å². The Balaban J connectivity index is 2.83. The molecule has 0 heterocycles. The van der Waals surface area contributed by atoms with Crippen molar-refractivity contribution in [1.82, 2.24) is 0 Å². The summed E-state index contributed by atoms with van der Waals surface area (Å²) in [6, 6.07) is 5.29. The highest BCUT2D eigenvalue weighted by Crippen LogP contribution is 2.26. The molecule has 0 atom stereocenters. The molecule has 0 spiro atoms. The van der Waals surface area contributed by atoms with Crippen LogP contribution in [0.3, 0.4) is 0 Å². The van der Waals surface area contributed by atoms with Gasteiger partial charge in [0.05, 0.1) is 17.5 Å². The zero-order valence-electron chi connectivity index (χ0n) is 7.79. The van der Waals surface area contributed by atoms with Gasteiger partial charge in [-0.05, 0) is 40.5 Å². The molecule has 76 valence electrons. The van der Waals surface area contributed by atoms with E-state index in [1.54, 1.807) is 18.2 Å². The molecular weight excluding hydrogens is 248 g/mol. The van der Waals surface area contributed by atoms with Crippen LogP contribution in [-0.4, -0.2) is 17.7 Å². The average Bonchev–Trinajstić information content (AvgIpc) is 2.09. The summed E-state index contributed by atoms with van der Waals surface area (Å²) in [6.07, 6.45) is 0.0327. The van der Waals surface area contributed by atoms with Crippen LogP contribution < -0.4 is 4.74 Å². The van der Waals surface area contributed by atoms with E-state index in [1.807, 2.05) is 6.92 Å². The third-order valence-corrected chi connectivity index (χ3v) is 2.27. The Morgan fingerprint density at radius 2 is 2.29 bits per heavy atom. The quantitative estimate of drug-likeness (QED) is 0.903. The molecule has 4 heteroatoms. The van der Waals surface area contributed by atoms with Gasteiger partial charge in [-0.3, -0.25) is 4.79 Å². The topological polar surface area (TPSA) is 46.5 Å². The van der Waals surface area contributed by atoms with Gasteiger partial charge in [0.1, 0.15) is 5.75 Å². The molecule has 0 saturated heterocycles. The predicted octanol–water partition coefficient (Wildman–Crippen LogP) is 2.47. The summed E-state index contributed by atoms with van der Waals surface area (Å²) < 4.78 is 6.09. The zero-order valence-corrected chi connectivity index (χ0v) is 9.37. The number of ether oxygens (including phenoxy) is 1. The molecule has 1 aromatic rings. The van der Waals surface area contributed by atoms with Gasteiger partial charge in [-0.1, -0.05) is 6.07 Å². The Morgan fingerprint density at radius 1 is 1.57 bits per heavy atom. The SMILES string of the molecule is CCOc1ccc(CC(=O)O)cc1Br. The molecule has 0 aliphatic carbocycles. The molecule has 14 heavy (non-hydrogen) atoms. The molecule has 0 bridgehead atoms. The van der Waals surface area contributed by atoms with Gasteiger partial charge in [0.15, 0.2) is 0 Å². The average molecular weight is 259 g/mol. The van der Waals surface area contributed by atoms with Gasteiger partial charge in [-0.15, -0.1) is 0 Å². The first-order valence-electron chi connectivity index (χ1n) is 4.26. The second-order valence-corrected chi connectivity index (χ2v) is 3.62. The third kappa shape index (κ3) is 3.03. The molecule has 1 rings (SSSR count). The lowest BCUT2D eigenvalue weighted by molar-refractivity contribution is -0.136. The van der Waals surface area contributed by atoms with Crippen molar-refractivity contribution < 1.29 is 14.6 Å². The third-order valence-electron chi connectivity index (χ3n) is 1.65. The first-order valence-corrected chi connectivity index (χ1v) is 5.05. The van der Waals surface area contributed by atoms with Crippen LogP contribution in [0.2, 0.25) is 0 Å². The van der Waals surface area contributed by atoms with E-state index in [0.717, 1.165) is 15.8 Å². The highest BCUT2D eigenvalue weighted by atomic mass is 79.9. The lowest BCUT2D eigenvalue weighted by atomic mass is 10.1. The van der Waals surface area contributed by atoms with Crippen LogP contribution in [0.5, 0.6) is 5.75 Å². The fraction of sp³-hybridized carbons (Fsp3) is 0.300. The number of benzene rings is 1. The number of halogens is 1. The van der Waals surface area contributed by atoms with Crippen molar-refractivity contribution in [2.45, 2.75) is 13.3 Å². The number of carboxylic acids is 1. The van der Waals surface area contributed by atoms with E-state index in [4.69, 9.17) is 9.84 Å². The molecule has 3 nitrogen and oxygen atoms in total. The summed E-state index contributed by atoms with van der Waals surface area (Å²) in [5.41, 5.74) is 0.757. The smallest absolute Gasteiger partial charge is 0.307 e. The van der Waals surface area contributed by atoms with Crippen molar-refractivity contribution in [3.05, 3.63) is 28.2 Å². The number of carboxylic acid groups (broad SMARTS) is 1. The standard InChI is InChI=1S/C10H11BrO3/c1-2-14-9-4-3-7(5-8(9)11)6-10(12)13/h3-5H,2,6H2,1H3,(H,12,13). The lowest BCUT2D eigenvalue weighted by Crippen LogP contribution is -2.00. The Morgan fingerprint density at radius 3 is 2.79 bits per heavy atom. The molecule has 1 aromatic carbocycles. The van der Waals surface area contributed by atoms with E-state index in [1.165, 1.54) is 0 Å². The maximum atomic E-state index is 10.4. The number of aliphatic carboxylic acids is 1. The molecule has 0 aliphatic rings. The Hall–Kier alpha value is -1.03. The van der Waals surface area contributed by atoms with Crippen LogP contribution in [0.1, 0.15) is 12.5 Å². The molecule has 0 amide bonds. The van der Waals surface area contributed by atoms with Crippen molar-refractivity contribution in [2.75, 3.05) is 6.61 Å². The predicted molar refractivity (Wildman–Crippen MR) is 56.7 cm³/mol. The molecule has 0 unspecified atom stereocenters. The monoisotopic (exact) mass is 258 g/mol. The maximum Gasteiger partial charge on any atom is 0.307 e. The van der Waals surface area contributed by atoms with Crippen molar-refractivity contribution in [3.63, 3.8) is 0 Å². The fourth-order valence-electron chi connectivity index (χ4n) is 1.10. The summed E-state index contributed by atoms with van der Waals surface area (Å²) >= 11 is 3.32. The van der Waals surface area contributed by atoms with E-state index >= 15 is 0 Å². The van der Waals surface area contributed by atoms with Crippen molar-refractivity contribution in [2.24, 2.45) is 0 Å². The van der Waals surface area contributed by atoms with Gasteiger partial charge in [0.2, 0.25) is 0 Å². The zero-order chi connectivity index (χ0) is 10.6. The van der Waals surface area contributed by atoms with Crippen molar-refractivity contribution >= 4 is 21.9 Å². The largest absolute Gasteiger partial charge is 0.493 e. The Kier molecular flexibility index (Phi) is 3.95. The van der Waals surface area contributed by atoms with Crippen LogP contribution in [0.4, 0.5) is 0 Å². The van der Waals surface area contributed by atoms with Crippen LogP contribution in [-0.2, 0) is 11.2 Å². The lowest BCUT2D eigenvalue weighted by Gasteiger charge is -2.06. The number of hydrogen-bond donors (Lipinski definition) is 1. The highest BCUT2D eigenvalue weighted by Gasteiger charge is 2.04. The van der Waals surface area contributed by atoms with Crippen LogP contribution in [0, 0.1) is 0 Å². The molecule has 0 saturated carbocycles. The van der Waals surface area contributed by atoms with Crippen LogP contribution >= 0.6 is 15.9 Å². The first-order chi connectivity index (χ1) is 6.63. The van der Waals surface area contributed by atoms with Crippen molar-refractivity contribution in [3.8, 4) is 5.75 Å². The van der Waals surface area contributed by atoms with Gasteiger partial charge in [0.25, 0.3) is 0 Å². The molecule has 0 fully saturated rings. The van der Waals surface area contributed by atoms with Gasteiger partial charge >= 0.3 is 5.97 Å². The minimum Gasteiger partial charge on any atom is -0.493 e. The molecule has 1 N–H and O–H groups in total. The summed E-state index contributed by atoms with van der Waals surface area (Å²) in [5.74, 6) is -0.0947. The van der Waals surface area contributed by atoms with Gasteiger partial charge in [-0.2, -0.15) is 0 Å². The molecule has 0 radical (unpaired) electrons. The molecule has 0 aromatic heterocycles. The summed E-state index contributed by atoms with van der Waals surface area (Å²) in [4.78, 5) is 10.4. The maximum absolute atomic E-state index is 10.4. The summed E-state index contributed by atoms with van der Waals surface area (Å²) in [5, 5.41) is 8.58. The van der Waals surface area contributed by atoms with E-state index < -0.39 is 5.97 Å². The van der Waals surface area contributed by atoms with Gasteiger partial charge in [0, 0.05) is 0 Å². The summed E-state index contributed by atoms with van der Waals surface area (Å²) in [7, 11) is 0. The number of hydrogen-bond acceptors (Lipinski definition) is 2. The minimum absolute atomic E-state index is 0.0327. The van der Waals surface area contributed by atoms with E-state index in [2.05, 4.69) is 15.9 Å². The van der Waals surface area contributed by atoms with Gasteiger partial charge in [-0.25, -0.2) is 0 Å². The highest BCUT2D eigenvalue weighted by molar-refractivity contribution is 9.10. The number of carbonyl (C=O) groups is 1. The Bertz CT molecular complexity index is 336. The van der Waals surface area contributed by atoms with Crippen LogP contribution in [0.15, 0.2) is 22.7 Å². The second kappa shape index (κ2) is 5.00. The second-order valence-electron chi connectivity index (χ2n) is 2.77. The van der Waals surface area contributed by atoms with E-state index in [0.29, 0.717) is 6.61 Å². The minimum atomic E-state index is -0.832. The van der Waals surface area contributed by atoms with E-state index in [-0.39, 0.29) is 6.42 Å². The normalized spacial score (nSPS) is 9.86.